The minimum atomic E-state index is 0.543. The molecule has 0 amide bonds. The number of imidazole rings is 1. The molecule has 0 unspecified atom stereocenters. The third-order valence-corrected chi connectivity index (χ3v) is 4.23. The van der Waals surface area contributed by atoms with Crippen LogP contribution in [0.2, 0.25) is 5.02 Å². The van der Waals surface area contributed by atoms with Crippen LogP contribution in [0, 0.1) is 3.57 Å². The Morgan fingerprint density at radius 2 is 1.85 bits per heavy atom. The highest BCUT2D eigenvalue weighted by Gasteiger charge is 2.12. The van der Waals surface area contributed by atoms with E-state index in [1.165, 1.54) is 3.57 Å². The third kappa shape index (κ3) is 2.67. The van der Waals surface area contributed by atoms with E-state index in [0.29, 0.717) is 10.9 Å². The zero-order valence-electron chi connectivity index (χ0n) is 10.5. The van der Waals surface area contributed by atoms with Crippen molar-refractivity contribution in [2.45, 2.75) is 6.42 Å². The lowest BCUT2D eigenvalue weighted by Crippen LogP contribution is -2.02. The van der Waals surface area contributed by atoms with E-state index in [1.807, 2.05) is 18.2 Å². The molecule has 3 rings (SSSR count). The van der Waals surface area contributed by atoms with E-state index in [2.05, 4.69) is 56.4 Å². The first-order valence-electron chi connectivity index (χ1n) is 6.18. The standard InChI is InChI=1S/C15H11Cl2IN2/c16-8-7-15-19-13-6-1-10(17)9-14(13)20(15)12-4-2-11(18)3-5-12/h1-6,9H,7-8H2. The smallest absolute Gasteiger partial charge is 0.115 e. The van der Waals surface area contributed by atoms with E-state index in [1.54, 1.807) is 0 Å². The van der Waals surface area contributed by atoms with Gasteiger partial charge in [0, 0.05) is 26.6 Å². The van der Waals surface area contributed by atoms with Gasteiger partial charge in [-0.2, -0.15) is 0 Å². The molecule has 20 heavy (non-hydrogen) atoms. The Kier molecular flexibility index (Phi) is 4.19. The fourth-order valence-corrected chi connectivity index (χ4v) is 2.92. The lowest BCUT2D eigenvalue weighted by atomic mass is 10.2. The van der Waals surface area contributed by atoms with Crippen LogP contribution in [0.5, 0.6) is 0 Å². The Labute approximate surface area is 140 Å². The molecule has 1 aromatic heterocycles. The second kappa shape index (κ2) is 5.92. The van der Waals surface area contributed by atoms with E-state index in [4.69, 9.17) is 23.2 Å². The number of alkyl halides is 1. The molecule has 0 aliphatic carbocycles. The summed E-state index contributed by atoms with van der Waals surface area (Å²) in [4.78, 5) is 4.66. The molecule has 0 fully saturated rings. The van der Waals surface area contributed by atoms with Crippen molar-refractivity contribution in [3.63, 3.8) is 0 Å². The average molecular weight is 417 g/mol. The van der Waals surface area contributed by atoms with Crippen molar-refractivity contribution in [2.24, 2.45) is 0 Å². The van der Waals surface area contributed by atoms with Crippen LogP contribution in [-0.4, -0.2) is 15.4 Å². The normalized spacial score (nSPS) is 11.2. The van der Waals surface area contributed by atoms with Crippen molar-refractivity contribution in [3.05, 3.63) is 56.9 Å². The predicted molar refractivity (Wildman–Crippen MR) is 93.2 cm³/mol. The largest absolute Gasteiger partial charge is 0.296 e. The van der Waals surface area contributed by atoms with Crippen LogP contribution in [0.4, 0.5) is 0 Å². The Balaban J connectivity index is 2.27. The fraction of sp³-hybridized carbons (Fsp3) is 0.133. The Morgan fingerprint density at radius 1 is 1.10 bits per heavy atom. The topological polar surface area (TPSA) is 17.8 Å². The van der Waals surface area contributed by atoms with Crippen molar-refractivity contribution < 1.29 is 0 Å². The third-order valence-electron chi connectivity index (χ3n) is 3.09. The number of hydrogen-bond acceptors (Lipinski definition) is 1. The van der Waals surface area contributed by atoms with E-state index < -0.39 is 0 Å². The van der Waals surface area contributed by atoms with Crippen molar-refractivity contribution in [1.29, 1.82) is 0 Å². The number of halogens is 3. The maximum absolute atomic E-state index is 6.12. The van der Waals surface area contributed by atoms with Crippen LogP contribution in [0.15, 0.2) is 42.5 Å². The summed E-state index contributed by atoms with van der Waals surface area (Å²) in [5, 5.41) is 0.710. The van der Waals surface area contributed by atoms with Gasteiger partial charge in [-0.3, -0.25) is 4.57 Å². The highest BCUT2D eigenvalue weighted by molar-refractivity contribution is 14.1. The minimum Gasteiger partial charge on any atom is -0.296 e. The predicted octanol–water partition coefficient (Wildman–Crippen LogP) is 5.06. The van der Waals surface area contributed by atoms with Crippen LogP contribution in [0.3, 0.4) is 0 Å². The van der Waals surface area contributed by atoms with Gasteiger partial charge in [-0.15, -0.1) is 11.6 Å². The molecule has 0 saturated carbocycles. The number of nitrogens with zero attached hydrogens (tertiary/aromatic N) is 2. The summed E-state index contributed by atoms with van der Waals surface area (Å²) < 4.78 is 3.33. The molecule has 1 heterocycles. The van der Waals surface area contributed by atoms with Crippen molar-refractivity contribution in [1.82, 2.24) is 9.55 Å². The molecule has 0 radical (unpaired) electrons. The molecule has 0 spiro atoms. The quantitative estimate of drug-likeness (QED) is 0.430. The first-order chi connectivity index (χ1) is 9.69. The lowest BCUT2D eigenvalue weighted by molar-refractivity contribution is 0.912. The van der Waals surface area contributed by atoms with E-state index in [9.17, 15) is 0 Å². The number of benzene rings is 2. The van der Waals surface area contributed by atoms with Gasteiger partial charge in [0.1, 0.15) is 5.82 Å². The molecule has 0 saturated heterocycles. The molecule has 102 valence electrons. The molecule has 0 aliphatic heterocycles. The molecule has 0 bridgehead atoms. The molecule has 2 nitrogen and oxygen atoms in total. The molecular formula is C15H11Cl2IN2. The van der Waals surface area contributed by atoms with Gasteiger partial charge in [0.05, 0.1) is 11.0 Å². The van der Waals surface area contributed by atoms with Gasteiger partial charge in [-0.05, 0) is 65.1 Å². The lowest BCUT2D eigenvalue weighted by Gasteiger charge is -2.09. The number of aromatic nitrogens is 2. The molecule has 0 atom stereocenters. The van der Waals surface area contributed by atoms with Crippen LogP contribution < -0.4 is 0 Å². The van der Waals surface area contributed by atoms with Gasteiger partial charge in [0.15, 0.2) is 0 Å². The number of rotatable bonds is 3. The van der Waals surface area contributed by atoms with Crippen LogP contribution in [0.25, 0.3) is 16.7 Å². The first-order valence-corrected chi connectivity index (χ1v) is 8.17. The average Bonchev–Trinajstić information content (AvgIpc) is 2.78. The molecule has 5 heteroatoms. The van der Waals surface area contributed by atoms with Crippen LogP contribution in [0.1, 0.15) is 5.82 Å². The van der Waals surface area contributed by atoms with Gasteiger partial charge < -0.3 is 0 Å². The molecule has 2 aromatic carbocycles. The highest BCUT2D eigenvalue weighted by atomic mass is 127. The maximum Gasteiger partial charge on any atom is 0.115 e. The summed E-state index contributed by atoms with van der Waals surface area (Å²) in [5.41, 5.74) is 3.03. The molecule has 0 N–H and O–H groups in total. The second-order valence-corrected chi connectivity index (χ2v) is 6.47. The summed E-state index contributed by atoms with van der Waals surface area (Å²) in [5.74, 6) is 1.50. The molecule has 3 aromatic rings. The summed E-state index contributed by atoms with van der Waals surface area (Å²) in [6.07, 6.45) is 0.722. The zero-order chi connectivity index (χ0) is 14.1. The summed E-state index contributed by atoms with van der Waals surface area (Å²) >= 11 is 14.3. The number of hydrogen-bond donors (Lipinski definition) is 0. The van der Waals surface area contributed by atoms with Crippen LogP contribution >= 0.6 is 45.8 Å². The Hall–Kier alpha value is -0.780. The Morgan fingerprint density at radius 3 is 2.55 bits per heavy atom. The summed E-state index contributed by atoms with van der Waals surface area (Å²) in [6, 6.07) is 14.1. The van der Waals surface area contributed by atoms with Crippen LogP contribution in [-0.2, 0) is 6.42 Å². The van der Waals surface area contributed by atoms with Crippen molar-refractivity contribution in [3.8, 4) is 5.69 Å². The minimum absolute atomic E-state index is 0.543. The summed E-state index contributed by atoms with van der Waals surface area (Å²) in [6.45, 7) is 0. The fourth-order valence-electron chi connectivity index (χ4n) is 2.23. The van der Waals surface area contributed by atoms with Crippen molar-refractivity contribution in [2.75, 3.05) is 5.88 Å². The van der Waals surface area contributed by atoms with E-state index >= 15 is 0 Å². The van der Waals surface area contributed by atoms with Gasteiger partial charge >= 0.3 is 0 Å². The maximum atomic E-state index is 6.12. The van der Waals surface area contributed by atoms with Gasteiger partial charge in [0.25, 0.3) is 0 Å². The number of fused-ring (bicyclic) bond motifs is 1. The Bertz CT molecular complexity index is 750. The number of aryl methyl sites for hydroxylation is 1. The molecular weight excluding hydrogens is 406 g/mol. The second-order valence-electron chi connectivity index (χ2n) is 4.41. The van der Waals surface area contributed by atoms with Gasteiger partial charge in [0.2, 0.25) is 0 Å². The van der Waals surface area contributed by atoms with E-state index in [-0.39, 0.29) is 0 Å². The highest BCUT2D eigenvalue weighted by Crippen LogP contribution is 2.25. The SMILES string of the molecule is ClCCc1nc2ccc(Cl)cc2n1-c1ccc(I)cc1. The van der Waals surface area contributed by atoms with Crippen molar-refractivity contribution >= 4 is 56.8 Å². The van der Waals surface area contributed by atoms with Gasteiger partial charge in [-0.25, -0.2) is 4.98 Å². The first kappa shape index (κ1) is 14.2. The van der Waals surface area contributed by atoms with Gasteiger partial charge in [-0.1, -0.05) is 11.6 Å². The monoisotopic (exact) mass is 416 g/mol. The summed E-state index contributed by atoms with van der Waals surface area (Å²) in [7, 11) is 0. The molecule has 0 aliphatic rings. The van der Waals surface area contributed by atoms with E-state index in [0.717, 1.165) is 29.0 Å². The zero-order valence-corrected chi connectivity index (χ0v) is 14.2.